The van der Waals surface area contributed by atoms with Gasteiger partial charge in [-0.3, -0.25) is 4.79 Å². The van der Waals surface area contributed by atoms with Crippen LogP contribution in [0.15, 0.2) is 24.3 Å². The molecule has 1 unspecified atom stereocenters. The summed E-state index contributed by atoms with van der Waals surface area (Å²) in [4.78, 5) is 11.4. The van der Waals surface area contributed by atoms with E-state index >= 15 is 0 Å². The molecule has 2 rings (SSSR count). The summed E-state index contributed by atoms with van der Waals surface area (Å²) in [6.45, 7) is 0. The Balaban J connectivity index is 2.06. The lowest BCUT2D eigenvalue weighted by Gasteiger charge is -2.12. The van der Waals surface area contributed by atoms with Gasteiger partial charge in [0, 0.05) is 12.5 Å². The highest BCUT2D eigenvalue weighted by Gasteiger charge is 2.25. The Hall–Kier alpha value is -1.51. The van der Waals surface area contributed by atoms with E-state index in [0.29, 0.717) is 12.2 Å². The molecule has 1 aliphatic carbocycles. The Bertz CT molecular complexity index is 360. The van der Waals surface area contributed by atoms with Crippen molar-refractivity contribution in [1.82, 2.24) is 0 Å². The molecular formula is C12H14O3. The van der Waals surface area contributed by atoms with Crippen molar-refractivity contribution in [3.63, 3.8) is 0 Å². The van der Waals surface area contributed by atoms with Gasteiger partial charge < -0.3 is 9.47 Å². The molecule has 1 fully saturated rings. The summed E-state index contributed by atoms with van der Waals surface area (Å²) in [5.74, 6) is 1.66. The standard InChI is InChI=1S/C12H14O3/c1-14-9-4-2-5-10(8-9)15-12-7-3-6-11(12)13/h2,4-5,8,12H,3,6-7H2,1H3. The Morgan fingerprint density at radius 3 is 2.80 bits per heavy atom. The molecule has 0 heterocycles. The van der Waals surface area contributed by atoms with Crippen LogP contribution in [0.2, 0.25) is 0 Å². The molecule has 15 heavy (non-hydrogen) atoms. The molecule has 0 saturated heterocycles. The molecule has 0 bridgehead atoms. The topological polar surface area (TPSA) is 35.5 Å². The zero-order chi connectivity index (χ0) is 10.7. The van der Waals surface area contributed by atoms with Crippen LogP contribution in [-0.2, 0) is 4.79 Å². The number of ketones is 1. The van der Waals surface area contributed by atoms with E-state index < -0.39 is 0 Å². The largest absolute Gasteiger partial charge is 0.497 e. The Labute approximate surface area is 89.0 Å². The average molecular weight is 206 g/mol. The average Bonchev–Trinajstić information content (AvgIpc) is 2.65. The number of rotatable bonds is 3. The number of carbonyl (C=O) groups is 1. The van der Waals surface area contributed by atoms with E-state index in [2.05, 4.69) is 0 Å². The first-order valence-corrected chi connectivity index (χ1v) is 5.13. The summed E-state index contributed by atoms with van der Waals surface area (Å²) in [5, 5.41) is 0. The van der Waals surface area contributed by atoms with Crippen molar-refractivity contribution in [1.29, 1.82) is 0 Å². The lowest BCUT2D eigenvalue weighted by Crippen LogP contribution is -2.20. The monoisotopic (exact) mass is 206 g/mol. The highest BCUT2D eigenvalue weighted by Crippen LogP contribution is 2.24. The summed E-state index contributed by atoms with van der Waals surface area (Å²) < 4.78 is 10.7. The number of Topliss-reactive ketones (excluding diaryl/α,β-unsaturated/α-hetero) is 1. The van der Waals surface area contributed by atoms with Crippen LogP contribution in [-0.4, -0.2) is 19.0 Å². The molecule has 0 amide bonds. The SMILES string of the molecule is COc1cccc(OC2CCCC2=O)c1. The van der Waals surface area contributed by atoms with E-state index in [4.69, 9.17) is 9.47 Å². The molecule has 1 atom stereocenters. The number of benzene rings is 1. The fourth-order valence-corrected chi connectivity index (χ4v) is 1.75. The van der Waals surface area contributed by atoms with E-state index in [9.17, 15) is 4.79 Å². The maximum absolute atomic E-state index is 11.4. The van der Waals surface area contributed by atoms with E-state index in [1.165, 1.54) is 0 Å². The normalized spacial score (nSPS) is 20.3. The molecule has 0 aromatic heterocycles. The molecular weight excluding hydrogens is 192 g/mol. The first-order valence-electron chi connectivity index (χ1n) is 5.13. The fourth-order valence-electron chi connectivity index (χ4n) is 1.75. The van der Waals surface area contributed by atoms with Crippen LogP contribution in [0, 0.1) is 0 Å². The van der Waals surface area contributed by atoms with Gasteiger partial charge in [-0.25, -0.2) is 0 Å². The van der Waals surface area contributed by atoms with Gasteiger partial charge in [-0.15, -0.1) is 0 Å². The number of hydrogen-bond acceptors (Lipinski definition) is 3. The lowest BCUT2D eigenvalue weighted by atomic mass is 10.3. The molecule has 0 aliphatic heterocycles. The quantitative estimate of drug-likeness (QED) is 0.760. The minimum atomic E-state index is -0.253. The lowest BCUT2D eigenvalue weighted by molar-refractivity contribution is -0.123. The van der Waals surface area contributed by atoms with E-state index in [0.717, 1.165) is 18.6 Å². The van der Waals surface area contributed by atoms with E-state index in [-0.39, 0.29) is 11.9 Å². The van der Waals surface area contributed by atoms with E-state index in [1.807, 2.05) is 18.2 Å². The highest BCUT2D eigenvalue weighted by molar-refractivity contribution is 5.85. The zero-order valence-corrected chi connectivity index (χ0v) is 8.73. The third kappa shape index (κ3) is 2.29. The Morgan fingerprint density at radius 2 is 2.13 bits per heavy atom. The van der Waals surface area contributed by atoms with Crippen molar-refractivity contribution in [2.75, 3.05) is 7.11 Å². The van der Waals surface area contributed by atoms with Gasteiger partial charge in [-0.05, 0) is 25.0 Å². The van der Waals surface area contributed by atoms with Crippen molar-refractivity contribution in [3.8, 4) is 11.5 Å². The first kappa shape index (κ1) is 10.0. The Kier molecular flexibility index (Phi) is 2.90. The second kappa shape index (κ2) is 4.34. The van der Waals surface area contributed by atoms with Crippen LogP contribution in [0.25, 0.3) is 0 Å². The van der Waals surface area contributed by atoms with Crippen molar-refractivity contribution in [2.24, 2.45) is 0 Å². The summed E-state index contributed by atoms with van der Waals surface area (Å²) in [6.07, 6.45) is 2.16. The maximum atomic E-state index is 11.4. The molecule has 0 spiro atoms. The van der Waals surface area contributed by atoms with E-state index in [1.54, 1.807) is 13.2 Å². The molecule has 1 aromatic carbocycles. The summed E-state index contributed by atoms with van der Waals surface area (Å²) in [6, 6.07) is 7.34. The number of ether oxygens (including phenoxy) is 2. The molecule has 1 saturated carbocycles. The van der Waals surface area contributed by atoms with Gasteiger partial charge in [-0.2, -0.15) is 0 Å². The zero-order valence-electron chi connectivity index (χ0n) is 8.73. The second-order valence-electron chi connectivity index (χ2n) is 3.64. The third-order valence-electron chi connectivity index (χ3n) is 2.57. The van der Waals surface area contributed by atoms with Crippen molar-refractivity contribution >= 4 is 5.78 Å². The van der Waals surface area contributed by atoms with Crippen LogP contribution in [0.3, 0.4) is 0 Å². The highest BCUT2D eigenvalue weighted by atomic mass is 16.5. The van der Waals surface area contributed by atoms with Gasteiger partial charge in [0.25, 0.3) is 0 Å². The summed E-state index contributed by atoms with van der Waals surface area (Å²) >= 11 is 0. The molecule has 3 heteroatoms. The Morgan fingerprint density at radius 1 is 1.33 bits per heavy atom. The molecule has 1 aliphatic rings. The number of methoxy groups -OCH3 is 1. The van der Waals surface area contributed by atoms with Gasteiger partial charge in [0.1, 0.15) is 11.5 Å². The van der Waals surface area contributed by atoms with Crippen LogP contribution in [0.4, 0.5) is 0 Å². The summed E-state index contributed by atoms with van der Waals surface area (Å²) in [5.41, 5.74) is 0. The second-order valence-corrected chi connectivity index (χ2v) is 3.64. The van der Waals surface area contributed by atoms with Gasteiger partial charge in [0.15, 0.2) is 11.9 Å². The predicted octanol–water partition coefficient (Wildman–Crippen LogP) is 2.20. The van der Waals surface area contributed by atoms with Gasteiger partial charge in [-0.1, -0.05) is 6.07 Å². The van der Waals surface area contributed by atoms with Crippen molar-refractivity contribution in [2.45, 2.75) is 25.4 Å². The predicted molar refractivity (Wildman–Crippen MR) is 56.3 cm³/mol. The van der Waals surface area contributed by atoms with Gasteiger partial charge in [0.05, 0.1) is 7.11 Å². The van der Waals surface area contributed by atoms with Crippen LogP contribution < -0.4 is 9.47 Å². The number of hydrogen-bond donors (Lipinski definition) is 0. The van der Waals surface area contributed by atoms with Gasteiger partial charge in [0.2, 0.25) is 0 Å². The molecule has 0 N–H and O–H groups in total. The fraction of sp³-hybridized carbons (Fsp3) is 0.417. The smallest absolute Gasteiger partial charge is 0.173 e. The minimum absolute atomic E-state index is 0.206. The first-order chi connectivity index (χ1) is 7.29. The van der Waals surface area contributed by atoms with Gasteiger partial charge >= 0.3 is 0 Å². The molecule has 0 radical (unpaired) electrons. The third-order valence-corrected chi connectivity index (χ3v) is 2.57. The minimum Gasteiger partial charge on any atom is -0.497 e. The van der Waals surface area contributed by atoms with Crippen LogP contribution in [0.5, 0.6) is 11.5 Å². The molecule has 80 valence electrons. The van der Waals surface area contributed by atoms with Crippen LogP contribution in [0.1, 0.15) is 19.3 Å². The van der Waals surface area contributed by atoms with Crippen molar-refractivity contribution < 1.29 is 14.3 Å². The number of carbonyl (C=O) groups excluding carboxylic acids is 1. The molecule has 3 nitrogen and oxygen atoms in total. The molecule has 1 aromatic rings. The van der Waals surface area contributed by atoms with Crippen molar-refractivity contribution in [3.05, 3.63) is 24.3 Å². The summed E-state index contributed by atoms with van der Waals surface area (Å²) in [7, 11) is 1.61. The van der Waals surface area contributed by atoms with Crippen LogP contribution >= 0.6 is 0 Å². The maximum Gasteiger partial charge on any atom is 0.173 e.